The van der Waals surface area contributed by atoms with Gasteiger partial charge < -0.3 is 10.5 Å². The van der Waals surface area contributed by atoms with Crippen molar-refractivity contribution in [3.05, 3.63) is 27.5 Å². The number of hydrogen-bond donors (Lipinski definition) is 2. The number of rotatable bonds is 3. The van der Waals surface area contributed by atoms with E-state index in [0.29, 0.717) is 0 Å². The van der Waals surface area contributed by atoms with Gasteiger partial charge in [0.1, 0.15) is 0 Å². The van der Waals surface area contributed by atoms with Gasteiger partial charge in [-0.2, -0.15) is 5.26 Å². The highest BCUT2D eigenvalue weighted by Gasteiger charge is 2.33. The van der Waals surface area contributed by atoms with Gasteiger partial charge in [-0.25, -0.2) is 0 Å². The Labute approximate surface area is 93.6 Å². The number of nitrogens with two attached hydrogens (primary N) is 1. The van der Waals surface area contributed by atoms with Gasteiger partial charge in [0.2, 0.25) is 5.88 Å². The number of hydrogen-bond acceptors (Lipinski definition) is 4. The summed E-state index contributed by atoms with van der Waals surface area (Å²) in [5.74, 6) is -0.785. The molecule has 8 heteroatoms. The van der Waals surface area contributed by atoms with Crippen LogP contribution in [0.3, 0.4) is 0 Å². The van der Waals surface area contributed by atoms with Gasteiger partial charge in [-0.1, -0.05) is 0 Å². The van der Waals surface area contributed by atoms with Crippen LogP contribution in [0.1, 0.15) is 11.1 Å². The topological polar surface area (TPSA) is 91.9 Å². The average Bonchev–Trinajstić information content (AvgIpc) is 2.19. The lowest BCUT2D eigenvalue weighted by atomic mass is 10.1. The van der Waals surface area contributed by atoms with Crippen LogP contribution in [0.25, 0.3) is 0 Å². The molecule has 17 heavy (non-hydrogen) atoms. The molecule has 1 aromatic rings. The summed E-state index contributed by atoms with van der Waals surface area (Å²) in [6.07, 6.45) is -5.28. The second-order valence-corrected chi connectivity index (χ2v) is 3.05. The summed E-state index contributed by atoms with van der Waals surface area (Å²) in [5, 5.41) is 8.51. The molecule has 0 aliphatic heterocycles. The number of pyridine rings is 1. The SMILES string of the molecule is N#CCc1c(CN)cc(=O)[nH]c1OC(F)(F)F. The van der Waals surface area contributed by atoms with E-state index in [1.54, 1.807) is 6.07 Å². The summed E-state index contributed by atoms with van der Waals surface area (Å²) in [6, 6.07) is 2.72. The van der Waals surface area contributed by atoms with Crippen LogP contribution in [-0.2, 0) is 13.0 Å². The Bertz CT molecular complexity index is 502. The molecule has 0 unspecified atom stereocenters. The van der Waals surface area contributed by atoms with Crippen molar-refractivity contribution in [3.8, 4) is 11.9 Å². The zero-order valence-corrected chi connectivity index (χ0v) is 8.47. The number of H-pyrrole nitrogens is 1. The minimum atomic E-state index is -4.94. The van der Waals surface area contributed by atoms with Crippen LogP contribution in [0.15, 0.2) is 10.9 Å². The first-order valence-corrected chi connectivity index (χ1v) is 4.45. The van der Waals surface area contributed by atoms with Crippen LogP contribution in [0.4, 0.5) is 13.2 Å². The van der Waals surface area contributed by atoms with Gasteiger partial charge in [0, 0.05) is 18.2 Å². The summed E-state index contributed by atoms with van der Waals surface area (Å²) >= 11 is 0. The number of alkyl halides is 3. The predicted molar refractivity (Wildman–Crippen MR) is 51.0 cm³/mol. The molecule has 0 aliphatic carbocycles. The number of nitriles is 1. The number of aromatic amines is 1. The van der Waals surface area contributed by atoms with Crippen LogP contribution in [0, 0.1) is 11.3 Å². The molecule has 0 bridgehead atoms. The lowest BCUT2D eigenvalue weighted by Gasteiger charge is -2.13. The molecule has 92 valence electrons. The Balaban J connectivity index is 3.31. The second-order valence-electron chi connectivity index (χ2n) is 3.05. The zero-order valence-electron chi connectivity index (χ0n) is 8.47. The van der Waals surface area contributed by atoms with Crippen molar-refractivity contribution in [1.82, 2.24) is 4.98 Å². The zero-order chi connectivity index (χ0) is 13.1. The van der Waals surface area contributed by atoms with Gasteiger partial charge in [-0.05, 0) is 5.56 Å². The van der Waals surface area contributed by atoms with Crippen molar-refractivity contribution >= 4 is 0 Å². The smallest absolute Gasteiger partial charge is 0.389 e. The summed E-state index contributed by atoms with van der Waals surface area (Å²) in [7, 11) is 0. The van der Waals surface area contributed by atoms with E-state index in [-0.39, 0.29) is 24.1 Å². The van der Waals surface area contributed by atoms with Crippen molar-refractivity contribution in [2.24, 2.45) is 5.73 Å². The van der Waals surface area contributed by atoms with Gasteiger partial charge in [0.05, 0.1) is 12.5 Å². The normalized spacial score (nSPS) is 11.0. The molecule has 0 aromatic carbocycles. The number of ether oxygens (including phenoxy) is 1. The molecule has 3 N–H and O–H groups in total. The first-order chi connectivity index (χ1) is 7.87. The molecular formula is C9H8F3N3O2. The van der Waals surface area contributed by atoms with Gasteiger partial charge in [0.15, 0.2) is 0 Å². The first-order valence-electron chi connectivity index (χ1n) is 4.45. The summed E-state index contributed by atoms with van der Waals surface area (Å²) < 4.78 is 39.9. The van der Waals surface area contributed by atoms with Gasteiger partial charge in [0.25, 0.3) is 5.56 Å². The van der Waals surface area contributed by atoms with E-state index in [1.807, 2.05) is 4.98 Å². The Morgan fingerprint density at radius 2 is 2.18 bits per heavy atom. The molecule has 1 heterocycles. The third-order valence-corrected chi connectivity index (χ3v) is 1.90. The van der Waals surface area contributed by atoms with E-state index in [2.05, 4.69) is 4.74 Å². The standard InChI is InChI=1S/C9H8F3N3O2/c10-9(11,12)17-8-6(1-2-13)5(4-14)3-7(16)15-8/h3H,1,4,14H2,(H,15,16). The van der Waals surface area contributed by atoms with E-state index in [9.17, 15) is 18.0 Å². The molecule has 5 nitrogen and oxygen atoms in total. The number of nitrogens with zero attached hydrogens (tertiary/aromatic N) is 1. The monoisotopic (exact) mass is 247 g/mol. The van der Waals surface area contributed by atoms with Crippen LogP contribution in [0.2, 0.25) is 0 Å². The van der Waals surface area contributed by atoms with Crippen molar-refractivity contribution in [3.63, 3.8) is 0 Å². The fourth-order valence-electron chi connectivity index (χ4n) is 1.27. The van der Waals surface area contributed by atoms with Crippen LogP contribution >= 0.6 is 0 Å². The molecule has 1 aromatic heterocycles. The molecule has 0 fully saturated rings. The molecule has 0 atom stereocenters. The van der Waals surface area contributed by atoms with Crippen LogP contribution in [-0.4, -0.2) is 11.3 Å². The minimum absolute atomic E-state index is 0.0630. The van der Waals surface area contributed by atoms with E-state index in [4.69, 9.17) is 11.0 Å². The molecule has 0 radical (unpaired) electrons. The Morgan fingerprint density at radius 3 is 2.65 bits per heavy atom. The number of nitrogens with one attached hydrogen (secondary N) is 1. The van der Waals surface area contributed by atoms with Crippen molar-refractivity contribution < 1.29 is 17.9 Å². The fraction of sp³-hybridized carbons (Fsp3) is 0.333. The molecule has 0 amide bonds. The molecule has 1 rings (SSSR count). The molecule has 0 aliphatic rings. The van der Waals surface area contributed by atoms with Crippen LogP contribution < -0.4 is 16.0 Å². The molecule has 0 saturated carbocycles. The average molecular weight is 247 g/mol. The van der Waals surface area contributed by atoms with E-state index in [1.165, 1.54) is 0 Å². The Hall–Kier alpha value is -2.01. The second kappa shape index (κ2) is 4.88. The molecule has 0 saturated heterocycles. The van der Waals surface area contributed by atoms with Crippen molar-refractivity contribution in [2.45, 2.75) is 19.3 Å². The highest BCUT2D eigenvalue weighted by atomic mass is 19.4. The van der Waals surface area contributed by atoms with Gasteiger partial charge in [-0.15, -0.1) is 13.2 Å². The summed E-state index contributed by atoms with van der Waals surface area (Å²) in [6.45, 7) is -0.158. The predicted octanol–water partition coefficient (Wildman–Crippen LogP) is 0.798. The number of halogens is 3. The number of aromatic nitrogens is 1. The van der Waals surface area contributed by atoms with Crippen LogP contribution in [0.5, 0.6) is 5.88 Å². The summed E-state index contributed by atoms with van der Waals surface area (Å²) in [4.78, 5) is 13.0. The van der Waals surface area contributed by atoms with Gasteiger partial charge in [-0.3, -0.25) is 9.78 Å². The molecule has 0 spiro atoms. The fourth-order valence-corrected chi connectivity index (χ4v) is 1.27. The lowest BCUT2D eigenvalue weighted by molar-refractivity contribution is -0.276. The lowest BCUT2D eigenvalue weighted by Crippen LogP contribution is -2.23. The minimum Gasteiger partial charge on any atom is -0.389 e. The maximum absolute atomic E-state index is 12.1. The molecular weight excluding hydrogens is 239 g/mol. The maximum Gasteiger partial charge on any atom is 0.574 e. The Kier molecular flexibility index (Phi) is 3.75. The van der Waals surface area contributed by atoms with Crippen molar-refractivity contribution in [1.29, 1.82) is 5.26 Å². The highest BCUT2D eigenvalue weighted by Crippen LogP contribution is 2.25. The quantitative estimate of drug-likeness (QED) is 0.826. The third kappa shape index (κ3) is 3.49. The largest absolute Gasteiger partial charge is 0.574 e. The van der Waals surface area contributed by atoms with E-state index in [0.717, 1.165) is 6.07 Å². The van der Waals surface area contributed by atoms with Crippen molar-refractivity contribution in [2.75, 3.05) is 0 Å². The third-order valence-electron chi connectivity index (χ3n) is 1.90. The van der Waals surface area contributed by atoms with E-state index >= 15 is 0 Å². The van der Waals surface area contributed by atoms with Gasteiger partial charge >= 0.3 is 6.36 Å². The summed E-state index contributed by atoms with van der Waals surface area (Å²) in [5.41, 5.74) is 4.60. The first kappa shape index (κ1) is 13.1. The van der Waals surface area contributed by atoms with E-state index < -0.39 is 17.8 Å². The Morgan fingerprint density at radius 1 is 1.53 bits per heavy atom. The maximum atomic E-state index is 12.1. The highest BCUT2D eigenvalue weighted by molar-refractivity contribution is 5.36.